The third-order valence-corrected chi connectivity index (χ3v) is 8.38. The van der Waals surface area contributed by atoms with E-state index >= 15 is 0 Å². The maximum Gasteiger partial charge on any atom is 0.309 e. The molecule has 2 aromatic carbocycles. The lowest BCUT2D eigenvalue weighted by atomic mass is 9.96. The highest BCUT2D eigenvalue weighted by Gasteiger charge is 2.30. The molecular formula is C28H32N4O5S2. The molecule has 39 heavy (non-hydrogen) atoms. The van der Waals surface area contributed by atoms with Crippen molar-refractivity contribution in [2.45, 2.75) is 28.9 Å². The molecular weight excluding hydrogens is 536 g/mol. The molecule has 1 aliphatic rings. The Hall–Kier alpha value is -3.57. The molecule has 0 bridgehead atoms. The molecule has 206 valence electrons. The molecule has 1 fully saturated rings. The zero-order chi connectivity index (χ0) is 27.9. The van der Waals surface area contributed by atoms with E-state index in [0.29, 0.717) is 54.5 Å². The summed E-state index contributed by atoms with van der Waals surface area (Å²) in [6.07, 6.45) is 2.86. The number of hydrogen-bond donors (Lipinski definition) is 1. The zero-order valence-electron chi connectivity index (χ0n) is 22.4. The van der Waals surface area contributed by atoms with Gasteiger partial charge in [0.15, 0.2) is 5.13 Å². The number of aromatic nitrogens is 1. The molecule has 11 heteroatoms. The number of esters is 1. The van der Waals surface area contributed by atoms with Crippen molar-refractivity contribution in [1.82, 2.24) is 9.88 Å². The maximum absolute atomic E-state index is 13.4. The third kappa shape index (κ3) is 7.10. The van der Waals surface area contributed by atoms with Crippen LogP contribution in [0, 0.1) is 5.92 Å². The van der Waals surface area contributed by atoms with E-state index in [1.807, 2.05) is 43.3 Å². The summed E-state index contributed by atoms with van der Waals surface area (Å²) in [4.78, 5) is 47.0. The summed E-state index contributed by atoms with van der Waals surface area (Å²) >= 11 is 2.81. The number of rotatable bonds is 9. The topological polar surface area (TPSA) is 101 Å². The van der Waals surface area contributed by atoms with Gasteiger partial charge in [0, 0.05) is 43.3 Å². The summed E-state index contributed by atoms with van der Waals surface area (Å²) in [7, 11) is 5.43. The second-order valence-corrected chi connectivity index (χ2v) is 11.6. The first-order valence-electron chi connectivity index (χ1n) is 12.7. The molecule has 0 spiro atoms. The first-order valence-corrected chi connectivity index (χ1v) is 14.3. The van der Waals surface area contributed by atoms with Gasteiger partial charge in [0.2, 0.25) is 0 Å². The van der Waals surface area contributed by atoms with Gasteiger partial charge in [-0.25, -0.2) is 4.98 Å². The normalized spacial score (nSPS) is 13.6. The van der Waals surface area contributed by atoms with Crippen molar-refractivity contribution in [2.24, 2.45) is 5.92 Å². The van der Waals surface area contributed by atoms with E-state index in [2.05, 4.69) is 10.3 Å². The number of nitrogens with zero attached hydrogens (tertiary/aromatic N) is 3. The lowest BCUT2D eigenvalue weighted by Gasteiger charge is -2.31. The number of thiazole rings is 1. The first kappa shape index (κ1) is 28.4. The van der Waals surface area contributed by atoms with E-state index in [9.17, 15) is 14.4 Å². The molecule has 0 radical (unpaired) electrons. The van der Waals surface area contributed by atoms with Crippen molar-refractivity contribution in [2.75, 3.05) is 51.1 Å². The Morgan fingerprint density at radius 3 is 2.49 bits per heavy atom. The Bertz CT molecular complexity index is 1320. The van der Waals surface area contributed by atoms with Gasteiger partial charge in [-0.05, 0) is 62.2 Å². The van der Waals surface area contributed by atoms with Gasteiger partial charge in [0.25, 0.3) is 11.8 Å². The van der Waals surface area contributed by atoms with E-state index in [0.717, 1.165) is 14.8 Å². The number of benzene rings is 2. The van der Waals surface area contributed by atoms with Crippen LogP contribution in [-0.4, -0.2) is 68.6 Å². The van der Waals surface area contributed by atoms with E-state index in [-0.39, 0.29) is 23.7 Å². The molecule has 0 unspecified atom stereocenters. The van der Waals surface area contributed by atoms with Gasteiger partial charge >= 0.3 is 5.97 Å². The van der Waals surface area contributed by atoms with Gasteiger partial charge in [-0.1, -0.05) is 23.1 Å². The number of anilines is 2. The van der Waals surface area contributed by atoms with Crippen LogP contribution in [0.25, 0.3) is 0 Å². The van der Waals surface area contributed by atoms with Crippen molar-refractivity contribution in [3.63, 3.8) is 0 Å². The predicted molar refractivity (Wildman–Crippen MR) is 153 cm³/mol. The highest BCUT2D eigenvalue weighted by Crippen LogP contribution is 2.36. The minimum Gasteiger partial charge on any atom is -0.496 e. The number of likely N-dealkylation sites (tertiary alicyclic amines) is 1. The van der Waals surface area contributed by atoms with Gasteiger partial charge in [-0.15, -0.1) is 0 Å². The fraction of sp³-hybridized carbons (Fsp3) is 0.357. The summed E-state index contributed by atoms with van der Waals surface area (Å²) in [5.74, 6) is -0.224. The standard InChI is InChI=1S/C28H32N4O5S2/c1-5-37-27(35)19-12-14-32(15-13-19)26(34)22-16-21(10-11-23(22)36-4)38-24-17-29-28(39-24)30-25(33)18-6-8-20(9-7-18)31(2)3/h6-11,16-17,19H,5,12-15H2,1-4H3,(H,29,30,33). The highest BCUT2D eigenvalue weighted by atomic mass is 32.2. The van der Waals surface area contributed by atoms with Crippen LogP contribution in [0.5, 0.6) is 5.75 Å². The fourth-order valence-corrected chi connectivity index (χ4v) is 6.11. The maximum atomic E-state index is 13.4. The molecule has 1 N–H and O–H groups in total. The van der Waals surface area contributed by atoms with Crippen LogP contribution in [-0.2, 0) is 9.53 Å². The van der Waals surface area contributed by atoms with E-state index < -0.39 is 0 Å². The minimum absolute atomic E-state index is 0.130. The Morgan fingerprint density at radius 1 is 1.13 bits per heavy atom. The number of ether oxygens (including phenoxy) is 2. The summed E-state index contributed by atoms with van der Waals surface area (Å²) in [6, 6.07) is 12.8. The summed E-state index contributed by atoms with van der Waals surface area (Å²) in [5, 5.41) is 3.35. The van der Waals surface area contributed by atoms with Crippen molar-refractivity contribution in [3.8, 4) is 5.75 Å². The van der Waals surface area contributed by atoms with E-state index in [4.69, 9.17) is 9.47 Å². The van der Waals surface area contributed by atoms with E-state index in [1.165, 1.54) is 30.2 Å². The van der Waals surface area contributed by atoms with Crippen molar-refractivity contribution < 1.29 is 23.9 Å². The number of hydrogen-bond acceptors (Lipinski definition) is 9. The van der Waals surface area contributed by atoms with Crippen LogP contribution in [0.3, 0.4) is 0 Å². The monoisotopic (exact) mass is 568 g/mol. The SMILES string of the molecule is CCOC(=O)C1CCN(C(=O)c2cc(Sc3cnc(NC(=O)c4ccc(N(C)C)cc4)s3)ccc2OC)CC1. The Morgan fingerprint density at radius 2 is 1.85 bits per heavy atom. The number of carbonyl (C=O) groups excluding carboxylic acids is 3. The third-order valence-electron chi connectivity index (χ3n) is 6.37. The van der Waals surface area contributed by atoms with Crippen LogP contribution in [0.1, 0.15) is 40.5 Å². The summed E-state index contributed by atoms with van der Waals surface area (Å²) in [6.45, 7) is 3.12. The summed E-state index contributed by atoms with van der Waals surface area (Å²) < 4.78 is 11.5. The predicted octanol–water partition coefficient (Wildman–Crippen LogP) is 5.04. The molecule has 4 rings (SSSR count). The van der Waals surface area contributed by atoms with Crippen LogP contribution >= 0.6 is 23.1 Å². The smallest absolute Gasteiger partial charge is 0.309 e. The Kier molecular flexibility index (Phi) is 9.47. The molecule has 0 saturated carbocycles. The second-order valence-electron chi connectivity index (χ2n) is 9.16. The van der Waals surface area contributed by atoms with Crippen molar-refractivity contribution in [1.29, 1.82) is 0 Å². The quantitative estimate of drug-likeness (QED) is 0.359. The summed E-state index contributed by atoms with van der Waals surface area (Å²) in [5.41, 5.74) is 2.03. The van der Waals surface area contributed by atoms with Gasteiger partial charge < -0.3 is 19.3 Å². The Balaban J connectivity index is 1.40. The molecule has 0 atom stereocenters. The average molecular weight is 569 g/mol. The van der Waals surface area contributed by atoms with Gasteiger partial charge in [-0.3, -0.25) is 19.7 Å². The largest absolute Gasteiger partial charge is 0.496 e. The van der Waals surface area contributed by atoms with Gasteiger partial charge in [0.05, 0.1) is 35.6 Å². The number of nitrogens with one attached hydrogen (secondary N) is 1. The molecule has 0 aliphatic carbocycles. The molecule has 1 saturated heterocycles. The van der Waals surface area contributed by atoms with Crippen LogP contribution in [0.15, 0.2) is 57.8 Å². The lowest BCUT2D eigenvalue weighted by molar-refractivity contribution is -0.149. The Labute approximate surface area is 236 Å². The molecule has 2 heterocycles. The van der Waals surface area contributed by atoms with Crippen LogP contribution < -0.4 is 15.0 Å². The van der Waals surface area contributed by atoms with Gasteiger partial charge in [-0.2, -0.15) is 0 Å². The number of amides is 2. The zero-order valence-corrected chi connectivity index (χ0v) is 24.1. The lowest BCUT2D eigenvalue weighted by Crippen LogP contribution is -2.40. The highest BCUT2D eigenvalue weighted by molar-refractivity contribution is 8.01. The van der Waals surface area contributed by atoms with Crippen molar-refractivity contribution >= 4 is 51.7 Å². The number of carbonyl (C=O) groups is 3. The van der Waals surface area contributed by atoms with Crippen LogP contribution in [0.4, 0.5) is 10.8 Å². The second kappa shape index (κ2) is 13.0. The van der Waals surface area contributed by atoms with Gasteiger partial charge in [0.1, 0.15) is 5.75 Å². The molecule has 1 aromatic heterocycles. The minimum atomic E-state index is -0.227. The molecule has 3 aromatic rings. The van der Waals surface area contributed by atoms with E-state index in [1.54, 1.807) is 36.2 Å². The molecule has 1 aliphatic heterocycles. The average Bonchev–Trinajstić information content (AvgIpc) is 3.39. The number of methoxy groups -OCH3 is 1. The molecule has 9 nitrogen and oxygen atoms in total. The van der Waals surface area contributed by atoms with Crippen molar-refractivity contribution in [3.05, 3.63) is 59.8 Å². The van der Waals surface area contributed by atoms with Crippen LogP contribution in [0.2, 0.25) is 0 Å². The fourth-order valence-electron chi connectivity index (χ4n) is 4.23. The first-order chi connectivity index (χ1) is 18.8. The molecule has 2 amide bonds. The number of piperidine rings is 1.